The van der Waals surface area contributed by atoms with Gasteiger partial charge in [-0.1, -0.05) is 36.4 Å². The van der Waals surface area contributed by atoms with Gasteiger partial charge in [0.1, 0.15) is 46.6 Å². The second-order valence-corrected chi connectivity index (χ2v) is 26.7. The molecule has 0 bridgehead atoms. The number of carbonyl (C=O) groups is 10. The molecule has 0 aliphatic heterocycles. The molecular weight excluding hydrogens is 1520 g/mol. The van der Waals surface area contributed by atoms with Crippen molar-refractivity contribution in [2.45, 2.75) is 116 Å². The van der Waals surface area contributed by atoms with Gasteiger partial charge in [-0.3, -0.25) is 38.4 Å². The molecule has 3 atom stereocenters. The Morgan fingerprint density at radius 3 is 0.922 bits per heavy atom. The molecule has 115 heavy (non-hydrogen) atoms. The number of carboxylic acid groups (broad SMARTS) is 2. The normalized spacial score (nSPS) is 12.1. The van der Waals surface area contributed by atoms with E-state index in [4.69, 9.17) is 100 Å². The number of hydrogen-bond acceptors (Lipinski definition) is 29. The van der Waals surface area contributed by atoms with Crippen LogP contribution in [0.2, 0.25) is 0 Å². The average molecular weight is 1640 g/mol. The zero-order valence-corrected chi connectivity index (χ0v) is 67.1. The van der Waals surface area contributed by atoms with E-state index in [-0.39, 0.29) is 176 Å². The minimum atomic E-state index is -1.16. The lowest BCUT2D eigenvalue weighted by Gasteiger charge is -2.20. The lowest BCUT2D eigenvalue weighted by atomic mass is 10.0. The number of hydroxylamine groups is 2. The van der Waals surface area contributed by atoms with Crippen molar-refractivity contribution in [2.24, 2.45) is 0 Å². The molecule has 3 aromatic rings. The first-order valence-corrected chi connectivity index (χ1v) is 38.0. The van der Waals surface area contributed by atoms with Crippen molar-refractivity contribution >= 4 is 59.4 Å². The van der Waals surface area contributed by atoms with Gasteiger partial charge in [-0.25, -0.2) is 30.1 Å². The first kappa shape index (κ1) is 100. The fraction of sp³-hybridized carbons (Fsp3) is 0.636. The summed E-state index contributed by atoms with van der Waals surface area (Å²) < 4.78 is 92.6. The second-order valence-electron chi connectivity index (χ2n) is 26.7. The maximum Gasteiger partial charge on any atom is 0.407 e. The van der Waals surface area contributed by atoms with Gasteiger partial charge in [0, 0.05) is 58.2 Å². The first-order chi connectivity index (χ1) is 55.3. The molecule has 0 aromatic heterocycles. The Kier molecular flexibility index (Phi) is 54.3. The lowest BCUT2D eigenvalue weighted by Crippen LogP contribution is -2.48. The summed E-state index contributed by atoms with van der Waals surface area (Å²) >= 11 is 0. The van der Waals surface area contributed by atoms with Crippen molar-refractivity contribution in [2.75, 3.05) is 205 Å². The van der Waals surface area contributed by atoms with Crippen LogP contribution in [-0.4, -0.2) is 304 Å². The molecule has 9 N–H and O–H groups in total. The van der Waals surface area contributed by atoms with E-state index in [1.807, 2.05) is 6.92 Å². The van der Waals surface area contributed by atoms with Gasteiger partial charge in [0.15, 0.2) is 19.8 Å². The first-order valence-electron chi connectivity index (χ1n) is 38.0. The topological polar surface area (TPSA) is 471 Å². The number of amides is 7. The van der Waals surface area contributed by atoms with Gasteiger partial charge in [0.05, 0.1) is 165 Å². The largest absolute Gasteiger partial charge is 0.482 e. The summed E-state index contributed by atoms with van der Waals surface area (Å²) in [6.07, 6.45) is -0.512. The van der Waals surface area contributed by atoms with Crippen molar-refractivity contribution in [3.05, 3.63) is 89.5 Å². The Morgan fingerprint density at radius 1 is 0.330 bits per heavy atom. The molecule has 0 heterocycles. The third kappa shape index (κ3) is 56.0. The maximum atomic E-state index is 13.4. The third-order valence-electron chi connectivity index (χ3n) is 14.6. The van der Waals surface area contributed by atoms with Gasteiger partial charge in [-0.15, -0.1) is 0 Å². The van der Waals surface area contributed by atoms with Crippen LogP contribution in [0.3, 0.4) is 0 Å². The SMILES string of the molecule is CCOCCOCCNC(=O)C(Cc1ccc(OCC(=O)O)cc1)NC(=O)CCOCCOCCOCCONC(=O)C(Cc1ccc(OCC(=O)O)cc1)NC(=O)CCOCCOCCOCCONC(=O)C(Cc1ccc(OCC(=O)OC(C)(C)C)cc1)NC(=O)CCOCCOCCOCCOCCNC(=O)OC(C)(C)C. The smallest absolute Gasteiger partial charge is 0.407 e. The van der Waals surface area contributed by atoms with Crippen LogP contribution in [-0.2, 0) is 138 Å². The zero-order chi connectivity index (χ0) is 84.0. The number of ether oxygens (including phenoxy) is 17. The van der Waals surface area contributed by atoms with Gasteiger partial charge >= 0.3 is 24.0 Å². The minimum absolute atomic E-state index is 0.0112. The molecule has 3 unspecified atom stereocenters. The van der Waals surface area contributed by atoms with E-state index in [1.165, 1.54) is 12.1 Å². The monoisotopic (exact) mass is 1640 g/mol. The molecule has 0 spiro atoms. The number of aliphatic carboxylic acids is 2. The Morgan fingerprint density at radius 2 is 0.609 bits per heavy atom. The molecule has 0 fully saturated rings. The molecule has 3 rings (SSSR count). The van der Waals surface area contributed by atoms with E-state index in [9.17, 15) is 47.9 Å². The summed E-state index contributed by atoms with van der Waals surface area (Å²) in [4.78, 5) is 136. The molecule has 0 saturated carbocycles. The fourth-order valence-corrected chi connectivity index (χ4v) is 9.30. The third-order valence-corrected chi connectivity index (χ3v) is 14.6. The highest BCUT2D eigenvalue weighted by Gasteiger charge is 2.26. The van der Waals surface area contributed by atoms with E-state index in [0.29, 0.717) is 87.6 Å². The van der Waals surface area contributed by atoms with Crippen molar-refractivity contribution in [3.63, 3.8) is 0 Å². The predicted molar refractivity (Wildman–Crippen MR) is 409 cm³/mol. The summed E-state index contributed by atoms with van der Waals surface area (Å²) in [5.41, 5.74) is 5.41. The van der Waals surface area contributed by atoms with Gasteiger partial charge in [-0.05, 0) is 102 Å². The number of hydrogen-bond donors (Lipinski definition) is 9. The highest BCUT2D eigenvalue weighted by atomic mass is 16.7. The van der Waals surface area contributed by atoms with E-state index in [2.05, 4.69) is 37.5 Å². The quantitative estimate of drug-likeness (QED) is 0.0221. The molecule has 38 heteroatoms. The summed E-state index contributed by atoms with van der Waals surface area (Å²) in [6, 6.07) is 16.3. The van der Waals surface area contributed by atoms with Crippen molar-refractivity contribution in [1.29, 1.82) is 0 Å². The standard InChI is InChI=1S/C77H119N7O31/c1-8-97-31-32-101-29-24-78-72(93)63(51-57-9-15-60(16-10-57)109-54-69(88)89)80-66(85)21-26-98-34-38-104-43-45-107-47-49-112-83-73(94)64(52-58-11-17-61(18-12-58)110-55-70(90)91)81-67(86)23-28-100-35-39-105-44-46-108-48-50-113-84-74(95)65(53-59-13-19-62(20-14-59)111-56-71(92)114-76(2,3)4)82-68(87)22-27-99-33-37-103-41-42-106-40-36-102-30-25-79-75(96)115-77(5,6)7/h9-20,63-65H,8,21-56H2,1-7H3,(H,78,93)(H,79,96)(H,80,85)(H,81,86)(H,82,87)(H,83,94)(H,84,95)(H,88,89)(H,90,91). The molecule has 0 aliphatic rings. The average Bonchev–Trinajstić information content (AvgIpc) is 0.881. The van der Waals surface area contributed by atoms with Crippen molar-refractivity contribution in [3.8, 4) is 17.2 Å². The van der Waals surface area contributed by atoms with Crippen LogP contribution in [0.4, 0.5) is 4.79 Å². The van der Waals surface area contributed by atoms with E-state index >= 15 is 0 Å². The Bertz CT molecular complexity index is 3200. The van der Waals surface area contributed by atoms with Gasteiger partial charge in [0.2, 0.25) is 23.6 Å². The summed E-state index contributed by atoms with van der Waals surface area (Å²) in [5, 5.41) is 31.5. The number of rotatable bonds is 69. The molecule has 3 aromatic carbocycles. The van der Waals surface area contributed by atoms with Crippen LogP contribution in [0, 0.1) is 0 Å². The summed E-state index contributed by atoms with van der Waals surface area (Å²) in [7, 11) is 0. The van der Waals surface area contributed by atoms with Gasteiger partial charge < -0.3 is 117 Å². The molecule has 0 radical (unpaired) electrons. The Balaban J connectivity index is 1.32. The molecular formula is C77H119N7O31. The highest BCUT2D eigenvalue weighted by Crippen LogP contribution is 2.18. The molecule has 648 valence electrons. The van der Waals surface area contributed by atoms with Crippen LogP contribution in [0.15, 0.2) is 72.8 Å². The van der Waals surface area contributed by atoms with Crippen molar-refractivity contribution < 1.29 is 148 Å². The minimum Gasteiger partial charge on any atom is -0.482 e. The van der Waals surface area contributed by atoms with Gasteiger partial charge in [0.25, 0.3) is 11.8 Å². The molecule has 0 saturated heterocycles. The number of carbonyl (C=O) groups excluding carboxylic acids is 8. The number of esters is 1. The second kappa shape index (κ2) is 62.3. The summed E-state index contributed by atoms with van der Waals surface area (Å²) in [5.74, 6) is -4.93. The Hall–Kier alpha value is -9.00. The predicted octanol–water partition coefficient (Wildman–Crippen LogP) is 1.94. The van der Waals surface area contributed by atoms with Crippen LogP contribution >= 0.6 is 0 Å². The summed E-state index contributed by atoms with van der Waals surface area (Å²) in [6.45, 7) is 16.6. The van der Waals surface area contributed by atoms with Gasteiger partial charge in [-0.2, -0.15) is 0 Å². The number of carboxylic acids is 2. The number of nitrogens with one attached hydrogen (secondary N) is 7. The lowest BCUT2D eigenvalue weighted by molar-refractivity contribution is -0.157. The fourth-order valence-electron chi connectivity index (χ4n) is 9.30. The van der Waals surface area contributed by atoms with Crippen LogP contribution < -0.4 is 51.8 Å². The molecule has 0 aliphatic carbocycles. The molecule has 7 amide bonds. The maximum absolute atomic E-state index is 13.4. The highest BCUT2D eigenvalue weighted by molar-refractivity contribution is 5.89. The Labute approximate surface area is 670 Å². The van der Waals surface area contributed by atoms with Crippen molar-refractivity contribution in [1.82, 2.24) is 37.5 Å². The number of benzene rings is 3. The van der Waals surface area contributed by atoms with Crippen LogP contribution in [0.1, 0.15) is 84.4 Å². The van der Waals surface area contributed by atoms with Crippen LogP contribution in [0.25, 0.3) is 0 Å². The number of alkyl carbamates (subject to hydrolysis) is 1. The molecule has 38 nitrogen and oxygen atoms in total. The van der Waals surface area contributed by atoms with E-state index < -0.39 is 102 Å². The zero-order valence-electron chi connectivity index (χ0n) is 67.1. The van der Waals surface area contributed by atoms with Crippen LogP contribution in [0.5, 0.6) is 17.2 Å². The van der Waals surface area contributed by atoms with E-state index in [0.717, 1.165) is 0 Å². The van der Waals surface area contributed by atoms with E-state index in [1.54, 1.807) is 102 Å².